The summed E-state index contributed by atoms with van der Waals surface area (Å²) in [6.07, 6.45) is 0. The predicted octanol–water partition coefficient (Wildman–Crippen LogP) is -1.78. The van der Waals surface area contributed by atoms with Crippen molar-refractivity contribution in [2.75, 3.05) is 13.1 Å². The number of aliphatic imine (C=N–C) groups is 1. The summed E-state index contributed by atoms with van der Waals surface area (Å²) in [6.45, 7) is 1.87. The van der Waals surface area contributed by atoms with Gasteiger partial charge in [0.1, 0.15) is 0 Å². The maximum Gasteiger partial charge on any atom is 0.251 e. The van der Waals surface area contributed by atoms with Crippen molar-refractivity contribution >= 4 is 11.9 Å². The Balaban J connectivity index is 3.59. The van der Waals surface area contributed by atoms with Crippen LogP contribution in [0.5, 0.6) is 0 Å². The largest absolute Gasteiger partial charge is 0.365 e. The molecule has 1 amide bonds. The Morgan fingerprint density at radius 2 is 2.31 bits per heavy atom. The van der Waals surface area contributed by atoms with Gasteiger partial charge in [0.2, 0.25) is 5.91 Å². The fraction of sp³-hybridized carbons (Fsp3) is 0.600. The van der Waals surface area contributed by atoms with E-state index in [0.29, 0.717) is 6.54 Å². The van der Waals surface area contributed by atoms with Crippen molar-refractivity contribution < 1.29 is 9.83 Å². The molecule has 0 aromatic rings. The second kappa shape index (κ2) is 5.75. The summed E-state index contributed by atoms with van der Waals surface area (Å²) in [7, 11) is 0. The average molecular weight is 189 g/mol. The van der Waals surface area contributed by atoms with Crippen molar-refractivity contribution in [3.05, 3.63) is 10.1 Å². The summed E-state index contributed by atoms with van der Waals surface area (Å²) in [5.41, 5.74) is 6.74. The molecule has 0 aliphatic heterocycles. The number of carbonyl (C=O) groups is 1. The highest BCUT2D eigenvalue weighted by atomic mass is 16.7. The Morgan fingerprint density at radius 3 is 2.77 bits per heavy atom. The molecule has 0 atom stereocenters. The van der Waals surface area contributed by atoms with Crippen molar-refractivity contribution in [1.29, 1.82) is 0 Å². The van der Waals surface area contributed by atoms with Crippen LogP contribution in [0.2, 0.25) is 0 Å². The van der Waals surface area contributed by atoms with Gasteiger partial charge in [-0.2, -0.15) is 0 Å². The molecular formula is C5H11N5O3. The molecule has 13 heavy (non-hydrogen) atoms. The van der Waals surface area contributed by atoms with Crippen molar-refractivity contribution in [3.63, 3.8) is 0 Å². The zero-order chi connectivity index (χ0) is 10.3. The summed E-state index contributed by atoms with van der Waals surface area (Å²) in [5.74, 6) is -0.466. The lowest BCUT2D eigenvalue weighted by atomic mass is 10.6. The molecule has 0 heterocycles. The molecule has 0 aliphatic rings. The van der Waals surface area contributed by atoms with E-state index in [-0.39, 0.29) is 18.4 Å². The molecule has 0 spiro atoms. The second-order valence-corrected chi connectivity index (χ2v) is 2.12. The molecule has 0 aromatic carbocycles. The molecule has 0 radical (unpaired) electrons. The van der Waals surface area contributed by atoms with E-state index in [1.165, 1.54) is 6.92 Å². The SMILES string of the molecule is CC(=O)NCCN=C(N)N[N+](=O)[O-]. The number of hydrazine groups is 1. The van der Waals surface area contributed by atoms with Crippen molar-refractivity contribution in [3.8, 4) is 0 Å². The van der Waals surface area contributed by atoms with Crippen LogP contribution in [0.25, 0.3) is 0 Å². The smallest absolute Gasteiger partial charge is 0.251 e. The Labute approximate surface area is 74.3 Å². The summed E-state index contributed by atoms with van der Waals surface area (Å²) in [6, 6.07) is 0. The van der Waals surface area contributed by atoms with Gasteiger partial charge >= 0.3 is 0 Å². The Bertz CT molecular complexity index is 226. The van der Waals surface area contributed by atoms with Gasteiger partial charge in [0.05, 0.1) is 6.54 Å². The number of nitrogens with one attached hydrogen (secondary N) is 2. The number of nitro groups is 1. The van der Waals surface area contributed by atoms with Gasteiger partial charge in [0.15, 0.2) is 5.03 Å². The number of nitrogens with zero attached hydrogens (tertiary/aromatic N) is 2. The monoisotopic (exact) mass is 189 g/mol. The number of hydrogen-bond donors (Lipinski definition) is 3. The van der Waals surface area contributed by atoms with Gasteiger partial charge in [-0.3, -0.25) is 4.79 Å². The minimum Gasteiger partial charge on any atom is -0.365 e. The van der Waals surface area contributed by atoms with Crippen molar-refractivity contribution in [2.45, 2.75) is 6.92 Å². The van der Waals surface area contributed by atoms with Crippen LogP contribution in [0.1, 0.15) is 6.92 Å². The van der Waals surface area contributed by atoms with Crippen LogP contribution in [0.4, 0.5) is 0 Å². The van der Waals surface area contributed by atoms with Gasteiger partial charge in [-0.15, -0.1) is 0 Å². The first kappa shape index (κ1) is 11.1. The Morgan fingerprint density at radius 1 is 1.69 bits per heavy atom. The van der Waals surface area contributed by atoms with Crippen LogP contribution >= 0.6 is 0 Å². The van der Waals surface area contributed by atoms with Gasteiger partial charge in [-0.1, -0.05) is 5.43 Å². The summed E-state index contributed by atoms with van der Waals surface area (Å²) >= 11 is 0. The van der Waals surface area contributed by atoms with E-state index in [0.717, 1.165) is 0 Å². The highest BCUT2D eigenvalue weighted by molar-refractivity contribution is 5.76. The summed E-state index contributed by atoms with van der Waals surface area (Å²) < 4.78 is 0. The lowest BCUT2D eigenvalue weighted by molar-refractivity contribution is -0.525. The standard InChI is InChI=1S/C5H11N5O3/c1-4(11)7-2-3-8-5(6)9-10(12)13/h2-3H2,1H3,(H,7,11)(H3,6,8,9). The molecule has 0 saturated heterocycles. The van der Waals surface area contributed by atoms with E-state index >= 15 is 0 Å². The molecule has 8 nitrogen and oxygen atoms in total. The number of rotatable bonds is 4. The van der Waals surface area contributed by atoms with Gasteiger partial charge in [-0.25, -0.2) is 15.1 Å². The van der Waals surface area contributed by atoms with E-state index in [2.05, 4.69) is 10.3 Å². The minimum absolute atomic E-state index is 0.184. The molecule has 0 fully saturated rings. The number of nitrogens with two attached hydrogens (primary N) is 1. The third kappa shape index (κ3) is 8.04. The van der Waals surface area contributed by atoms with Crippen LogP contribution < -0.4 is 16.5 Å². The van der Waals surface area contributed by atoms with Crippen LogP contribution in [0, 0.1) is 10.1 Å². The fourth-order valence-electron chi connectivity index (χ4n) is 0.537. The first-order chi connectivity index (χ1) is 6.02. The lowest BCUT2D eigenvalue weighted by Gasteiger charge is -1.98. The molecule has 0 aromatic heterocycles. The van der Waals surface area contributed by atoms with E-state index in [9.17, 15) is 14.9 Å². The first-order valence-electron chi connectivity index (χ1n) is 3.47. The normalized spacial score (nSPS) is 10.7. The highest BCUT2D eigenvalue weighted by Crippen LogP contribution is 1.69. The number of amides is 1. The van der Waals surface area contributed by atoms with Crippen LogP contribution in [0.15, 0.2) is 4.99 Å². The second-order valence-electron chi connectivity index (χ2n) is 2.12. The Hall–Kier alpha value is -1.86. The number of guanidine groups is 1. The fourth-order valence-corrected chi connectivity index (χ4v) is 0.537. The molecule has 4 N–H and O–H groups in total. The summed E-state index contributed by atoms with van der Waals surface area (Å²) in [5, 5.41) is 11.5. The zero-order valence-corrected chi connectivity index (χ0v) is 7.11. The predicted molar refractivity (Wildman–Crippen MR) is 45.3 cm³/mol. The van der Waals surface area contributed by atoms with Crippen LogP contribution in [0.3, 0.4) is 0 Å². The quantitative estimate of drug-likeness (QED) is 0.158. The van der Waals surface area contributed by atoms with Crippen LogP contribution in [-0.2, 0) is 4.79 Å². The molecular weight excluding hydrogens is 178 g/mol. The number of carbonyl (C=O) groups excluding carboxylic acids is 1. The number of hydrogen-bond acceptors (Lipinski definition) is 4. The van der Waals surface area contributed by atoms with Crippen LogP contribution in [-0.4, -0.2) is 30.0 Å². The molecule has 74 valence electrons. The third-order valence-electron chi connectivity index (χ3n) is 0.974. The van der Waals surface area contributed by atoms with Crippen molar-refractivity contribution in [2.24, 2.45) is 10.7 Å². The minimum atomic E-state index is -0.808. The first-order valence-corrected chi connectivity index (χ1v) is 3.47. The zero-order valence-electron chi connectivity index (χ0n) is 7.11. The average Bonchev–Trinajstić information content (AvgIpc) is 1.96. The van der Waals surface area contributed by atoms with Gasteiger partial charge < -0.3 is 11.1 Å². The molecule has 8 heteroatoms. The maximum atomic E-state index is 10.4. The van der Waals surface area contributed by atoms with E-state index < -0.39 is 5.03 Å². The molecule has 0 unspecified atom stereocenters. The Kier molecular flexibility index (Phi) is 4.93. The summed E-state index contributed by atoms with van der Waals surface area (Å²) in [4.78, 5) is 23.7. The maximum absolute atomic E-state index is 10.4. The van der Waals surface area contributed by atoms with E-state index in [1.54, 1.807) is 5.43 Å². The van der Waals surface area contributed by atoms with E-state index in [4.69, 9.17) is 5.73 Å². The van der Waals surface area contributed by atoms with E-state index in [1.807, 2.05) is 0 Å². The molecule has 0 saturated carbocycles. The third-order valence-corrected chi connectivity index (χ3v) is 0.974. The topological polar surface area (TPSA) is 123 Å². The van der Waals surface area contributed by atoms with Crippen molar-refractivity contribution in [1.82, 2.24) is 10.7 Å². The van der Waals surface area contributed by atoms with Gasteiger partial charge in [-0.05, 0) is 0 Å². The molecule has 0 bridgehead atoms. The molecule has 0 rings (SSSR count). The van der Waals surface area contributed by atoms with Gasteiger partial charge in [0.25, 0.3) is 5.96 Å². The molecule has 0 aliphatic carbocycles. The van der Waals surface area contributed by atoms with Gasteiger partial charge in [0, 0.05) is 13.5 Å². The lowest BCUT2D eigenvalue weighted by Crippen LogP contribution is -2.36. The highest BCUT2D eigenvalue weighted by Gasteiger charge is 1.97.